The average Bonchev–Trinajstić information content (AvgIpc) is 2.95. The second-order valence-corrected chi connectivity index (χ2v) is 7.06. The van der Waals surface area contributed by atoms with Crippen molar-refractivity contribution < 1.29 is 13.0 Å². The van der Waals surface area contributed by atoms with Crippen LogP contribution in [0.15, 0.2) is 24.3 Å². The molecule has 0 aliphatic carbocycles. The van der Waals surface area contributed by atoms with Crippen LogP contribution in [0.1, 0.15) is 17.1 Å². The zero-order valence-electron chi connectivity index (χ0n) is 12.0. The summed E-state index contributed by atoms with van der Waals surface area (Å²) in [5.74, 6) is 0.295. The Morgan fingerprint density at radius 2 is 2.14 bits per heavy atom. The van der Waals surface area contributed by atoms with E-state index in [1.54, 1.807) is 0 Å². The second-order valence-electron chi connectivity index (χ2n) is 5.61. The quantitative estimate of drug-likeness (QED) is 0.710. The van der Waals surface area contributed by atoms with Crippen LogP contribution in [-0.4, -0.2) is 27.5 Å². The smallest absolute Gasteiger partial charge is 0.270 e. The number of nitrogens with zero attached hydrogens (tertiary/aromatic N) is 2. The van der Waals surface area contributed by atoms with Gasteiger partial charge in [0.1, 0.15) is 11.6 Å². The molecule has 2 aromatic heterocycles. The van der Waals surface area contributed by atoms with Gasteiger partial charge in [0, 0.05) is 17.4 Å². The molecule has 1 aliphatic heterocycles. The van der Waals surface area contributed by atoms with Gasteiger partial charge in [0.25, 0.3) is 10.1 Å². The van der Waals surface area contributed by atoms with Crippen molar-refractivity contribution >= 4 is 21.0 Å². The highest BCUT2D eigenvalue weighted by Crippen LogP contribution is 2.37. The van der Waals surface area contributed by atoms with Gasteiger partial charge in [0.15, 0.2) is 0 Å². The molecule has 6 nitrogen and oxygen atoms in total. The first kappa shape index (κ1) is 13.5. The molecule has 2 N–H and O–H groups in total. The third-order valence-corrected chi connectivity index (χ3v) is 4.82. The third-order valence-electron chi connectivity index (χ3n) is 4.19. The van der Waals surface area contributed by atoms with Gasteiger partial charge in [-0.2, -0.15) is 8.42 Å². The number of aromatic amines is 1. The topological polar surface area (TPSA) is 88.0 Å². The van der Waals surface area contributed by atoms with Gasteiger partial charge in [-0.1, -0.05) is 18.2 Å². The van der Waals surface area contributed by atoms with Crippen LogP contribution < -0.4 is 0 Å². The Morgan fingerprint density at radius 1 is 1.36 bits per heavy atom. The van der Waals surface area contributed by atoms with Crippen molar-refractivity contribution in [1.29, 1.82) is 0 Å². The van der Waals surface area contributed by atoms with E-state index in [0.717, 1.165) is 41.1 Å². The molecule has 0 saturated heterocycles. The molecular formula is C15H15N3O3S. The van der Waals surface area contributed by atoms with Crippen molar-refractivity contribution in [1.82, 2.24) is 14.5 Å². The lowest BCUT2D eigenvalue weighted by atomic mass is 10.0. The minimum Gasteiger partial charge on any atom is -0.353 e. The highest BCUT2D eigenvalue weighted by Gasteiger charge is 2.27. The number of fused-ring (bicyclic) bond motifs is 5. The van der Waals surface area contributed by atoms with Crippen LogP contribution >= 0.6 is 0 Å². The van der Waals surface area contributed by atoms with Gasteiger partial charge in [-0.15, -0.1) is 0 Å². The Bertz CT molecular complexity index is 999. The Morgan fingerprint density at radius 3 is 2.91 bits per heavy atom. The maximum Gasteiger partial charge on any atom is 0.270 e. The average molecular weight is 317 g/mol. The third kappa shape index (κ3) is 1.97. The normalized spacial score (nSPS) is 14.1. The molecule has 22 heavy (non-hydrogen) atoms. The number of benzene rings is 1. The first-order valence-electron chi connectivity index (χ1n) is 7.05. The minimum atomic E-state index is -4.12. The molecule has 4 rings (SSSR count). The molecule has 1 aliphatic rings. The van der Waals surface area contributed by atoms with Gasteiger partial charge >= 0.3 is 0 Å². The first-order chi connectivity index (χ1) is 10.4. The summed E-state index contributed by atoms with van der Waals surface area (Å²) < 4.78 is 33.7. The number of rotatable bonds is 2. The number of hydrogen-bond acceptors (Lipinski definition) is 3. The molecule has 0 unspecified atom stereocenters. The highest BCUT2D eigenvalue weighted by atomic mass is 32.2. The number of nitrogens with one attached hydrogen (secondary N) is 1. The van der Waals surface area contributed by atoms with Crippen LogP contribution in [0.2, 0.25) is 0 Å². The molecule has 3 heterocycles. The molecule has 7 heteroatoms. The maximum absolute atomic E-state index is 11.3. The van der Waals surface area contributed by atoms with E-state index in [-0.39, 0.29) is 0 Å². The van der Waals surface area contributed by atoms with Gasteiger partial charge in [-0.3, -0.25) is 4.55 Å². The minimum absolute atomic E-state index is 0.396. The van der Waals surface area contributed by atoms with Crippen LogP contribution in [0.4, 0.5) is 0 Å². The summed E-state index contributed by atoms with van der Waals surface area (Å²) in [5, 5.41) is 1.15. The van der Waals surface area contributed by atoms with E-state index in [9.17, 15) is 13.0 Å². The van der Waals surface area contributed by atoms with E-state index >= 15 is 0 Å². The van der Waals surface area contributed by atoms with Crippen molar-refractivity contribution in [2.45, 2.75) is 25.6 Å². The summed E-state index contributed by atoms with van der Waals surface area (Å²) in [6, 6.07) is 8.02. The lowest BCUT2D eigenvalue weighted by Gasteiger charge is -2.17. The fourth-order valence-corrected chi connectivity index (χ4v) is 3.88. The predicted molar refractivity (Wildman–Crippen MR) is 83.2 cm³/mol. The molecule has 114 valence electrons. The number of imidazole rings is 1. The molecule has 0 amide bonds. The van der Waals surface area contributed by atoms with Gasteiger partial charge in [-0.25, -0.2) is 4.98 Å². The van der Waals surface area contributed by atoms with E-state index in [2.05, 4.69) is 16.0 Å². The van der Waals surface area contributed by atoms with Gasteiger partial charge in [-0.05, 0) is 25.0 Å². The van der Waals surface area contributed by atoms with Crippen molar-refractivity contribution in [2.24, 2.45) is 0 Å². The number of H-pyrrole nitrogens is 1. The SMILES string of the molecule is Cc1nc(CS(=O)(=O)O)c2n1CCc1c-2[nH]c2ccccc12. The van der Waals surface area contributed by atoms with Crippen molar-refractivity contribution in [3.8, 4) is 11.4 Å². The number of hydrogen-bond donors (Lipinski definition) is 2. The van der Waals surface area contributed by atoms with Crippen molar-refractivity contribution in [3.63, 3.8) is 0 Å². The first-order valence-corrected chi connectivity index (χ1v) is 8.66. The van der Waals surface area contributed by atoms with Crippen LogP contribution in [0, 0.1) is 6.92 Å². The monoisotopic (exact) mass is 317 g/mol. The van der Waals surface area contributed by atoms with Gasteiger partial charge < -0.3 is 9.55 Å². The zero-order valence-corrected chi connectivity index (χ0v) is 12.8. The molecule has 0 fully saturated rings. The van der Waals surface area contributed by atoms with E-state index in [1.165, 1.54) is 5.56 Å². The standard InChI is InChI=1S/C15H15N3O3S/c1-9-16-13(8-22(19,20)21)15-14-11(6-7-18(9)15)10-4-2-3-5-12(10)17-14/h2-5,17H,6-8H2,1H3,(H,19,20,21). The Balaban J connectivity index is 2.00. The second kappa shape index (κ2) is 4.44. The van der Waals surface area contributed by atoms with Gasteiger partial charge in [0.05, 0.1) is 17.1 Å². The van der Waals surface area contributed by atoms with E-state index in [4.69, 9.17) is 0 Å². The maximum atomic E-state index is 11.3. The van der Waals surface area contributed by atoms with Crippen molar-refractivity contribution in [2.75, 3.05) is 0 Å². The lowest BCUT2D eigenvalue weighted by molar-refractivity contribution is 0.481. The molecule has 0 atom stereocenters. The van der Waals surface area contributed by atoms with Gasteiger partial charge in [0.2, 0.25) is 0 Å². The number of aryl methyl sites for hydroxylation is 2. The number of para-hydroxylation sites is 1. The fraction of sp³-hybridized carbons (Fsp3) is 0.267. The van der Waals surface area contributed by atoms with Crippen molar-refractivity contribution in [3.05, 3.63) is 41.3 Å². The molecule has 3 aromatic rings. The molecular weight excluding hydrogens is 302 g/mol. The molecule has 0 spiro atoms. The van der Waals surface area contributed by atoms with Crippen LogP contribution in [0.3, 0.4) is 0 Å². The highest BCUT2D eigenvalue weighted by molar-refractivity contribution is 7.85. The Kier molecular flexibility index (Phi) is 2.73. The van der Waals surface area contributed by atoms with E-state index in [1.807, 2.05) is 29.7 Å². The molecule has 0 radical (unpaired) electrons. The summed E-state index contributed by atoms with van der Waals surface area (Å²) >= 11 is 0. The summed E-state index contributed by atoms with van der Waals surface area (Å²) in [6.45, 7) is 2.61. The fourth-order valence-electron chi connectivity index (χ4n) is 3.34. The lowest BCUT2D eigenvalue weighted by Crippen LogP contribution is -2.12. The van der Waals surface area contributed by atoms with Crippen LogP contribution in [0.5, 0.6) is 0 Å². The summed E-state index contributed by atoms with van der Waals surface area (Å²) in [5.41, 5.74) is 4.28. The largest absolute Gasteiger partial charge is 0.353 e. The van der Waals surface area contributed by atoms with Crippen LogP contribution in [-0.2, 0) is 28.8 Å². The molecule has 0 bridgehead atoms. The van der Waals surface area contributed by atoms with Crippen LogP contribution in [0.25, 0.3) is 22.3 Å². The summed E-state index contributed by atoms with van der Waals surface area (Å²) in [7, 11) is -4.12. The number of aromatic nitrogens is 3. The summed E-state index contributed by atoms with van der Waals surface area (Å²) in [6.07, 6.45) is 0.870. The van der Waals surface area contributed by atoms with E-state index < -0.39 is 15.9 Å². The summed E-state index contributed by atoms with van der Waals surface area (Å²) in [4.78, 5) is 7.72. The Hall–Kier alpha value is -2.12. The predicted octanol–water partition coefficient (Wildman–Crippen LogP) is 2.28. The molecule has 0 saturated carbocycles. The zero-order chi connectivity index (χ0) is 15.5. The van der Waals surface area contributed by atoms with E-state index in [0.29, 0.717) is 5.69 Å². The Labute approximate surface area is 127 Å². The molecule has 1 aromatic carbocycles.